The molecule has 3 atom stereocenters. The van der Waals surface area contributed by atoms with Crippen molar-refractivity contribution in [2.75, 3.05) is 0 Å². The molecule has 0 amide bonds. The Hall–Kier alpha value is -1.46. The Balaban J connectivity index is 1.67. The third-order valence-electron chi connectivity index (χ3n) is 4.64. The van der Waals surface area contributed by atoms with Crippen LogP contribution in [0.3, 0.4) is 0 Å². The van der Waals surface area contributed by atoms with Crippen molar-refractivity contribution in [3.8, 4) is 0 Å². The SMILES string of the molecule is CCC(CC(=O)O)Cn1nnnc1C1CC2CC2C1. The zero-order valence-electron chi connectivity index (χ0n) is 11.2. The molecule has 0 aliphatic heterocycles. The van der Waals surface area contributed by atoms with Gasteiger partial charge in [-0.25, -0.2) is 4.68 Å². The van der Waals surface area contributed by atoms with E-state index in [0.29, 0.717) is 12.5 Å². The summed E-state index contributed by atoms with van der Waals surface area (Å²) in [7, 11) is 0. The quantitative estimate of drug-likeness (QED) is 0.845. The van der Waals surface area contributed by atoms with Crippen LogP contribution in [0.15, 0.2) is 0 Å². The van der Waals surface area contributed by atoms with Gasteiger partial charge in [-0.3, -0.25) is 4.79 Å². The molecule has 2 fully saturated rings. The highest BCUT2D eigenvalue weighted by Crippen LogP contribution is 2.57. The highest BCUT2D eigenvalue weighted by molar-refractivity contribution is 5.66. The van der Waals surface area contributed by atoms with Crippen LogP contribution in [0.2, 0.25) is 0 Å². The average Bonchev–Trinajstić information content (AvgIpc) is 2.79. The van der Waals surface area contributed by atoms with Gasteiger partial charge in [-0.05, 0) is 47.4 Å². The van der Waals surface area contributed by atoms with E-state index in [4.69, 9.17) is 5.11 Å². The third-order valence-corrected chi connectivity index (χ3v) is 4.64. The molecule has 0 spiro atoms. The standard InChI is InChI=1S/C13H20N4O2/c1-2-8(3-12(18)19)7-17-13(14-15-16-17)11-5-9-4-10(9)6-11/h8-11H,2-7H2,1H3,(H,18,19). The minimum atomic E-state index is -0.747. The van der Waals surface area contributed by atoms with Crippen molar-refractivity contribution in [1.82, 2.24) is 20.2 Å². The molecule has 3 rings (SSSR count). The lowest BCUT2D eigenvalue weighted by Gasteiger charge is -2.16. The van der Waals surface area contributed by atoms with Gasteiger partial charge in [0.05, 0.1) is 0 Å². The molecule has 2 aliphatic rings. The minimum Gasteiger partial charge on any atom is -0.481 e. The Labute approximate surface area is 112 Å². The number of fused-ring (bicyclic) bond motifs is 1. The van der Waals surface area contributed by atoms with Crippen molar-refractivity contribution in [3.63, 3.8) is 0 Å². The van der Waals surface area contributed by atoms with Gasteiger partial charge in [0, 0.05) is 18.9 Å². The number of nitrogens with zero attached hydrogens (tertiary/aromatic N) is 4. The summed E-state index contributed by atoms with van der Waals surface area (Å²) in [6, 6.07) is 0. The predicted molar refractivity (Wildman–Crippen MR) is 67.4 cm³/mol. The van der Waals surface area contributed by atoms with Crippen LogP contribution < -0.4 is 0 Å². The molecule has 2 saturated carbocycles. The van der Waals surface area contributed by atoms with Crippen LogP contribution in [0, 0.1) is 17.8 Å². The topological polar surface area (TPSA) is 80.9 Å². The Morgan fingerprint density at radius 1 is 1.42 bits per heavy atom. The second-order valence-corrected chi connectivity index (χ2v) is 6.02. The number of tetrazole rings is 1. The highest BCUT2D eigenvalue weighted by Gasteiger charge is 2.47. The predicted octanol–water partition coefficient (Wildman–Crippen LogP) is 1.69. The van der Waals surface area contributed by atoms with E-state index in [1.165, 1.54) is 19.3 Å². The van der Waals surface area contributed by atoms with Crippen molar-refractivity contribution in [3.05, 3.63) is 5.82 Å². The van der Waals surface area contributed by atoms with Crippen LogP contribution in [0.1, 0.15) is 50.8 Å². The first-order chi connectivity index (χ1) is 9.17. The molecular formula is C13H20N4O2. The molecule has 1 aromatic rings. The summed E-state index contributed by atoms with van der Waals surface area (Å²) in [6.45, 7) is 2.64. The maximum atomic E-state index is 10.8. The van der Waals surface area contributed by atoms with Crippen LogP contribution in [0.4, 0.5) is 0 Å². The molecule has 2 aliphatic carbocycles. The first kappa shape index (κ1) is 12.6. The molecule has 1 aromatic heterocycles. The number of carboxylic acid groups (broad SMARTS) is 1. The summed E-state index contributed by atoms with van der Waals surface area (Å²) in [6.07, 6.45) is 4.82. The average molecular weight is 264 g/mol. The van der Waals surface area contributed by atoms with Crippen molar-refractivity contribution < 1.29 is 9.90 Å². The molecule has 6 nitrogen and oxygen atoms in total. The van der Waals surface area contributed by atoms with E-state index in [1.807, 2.05) is 11.6 Å². The van der Waals surface area contributed by atoms with Gasteiger partial charge in [0.1, 0.15) is 0 Å². The summed E-state index contributed by atoms with van der Waals surface area (Å²) in [4.78, 5) is 10.8. The largest absolute Gasteiger partial charge is 0.481 e. The van der Waals surface area contributed by atoms with Gasteiger partial charge in [0.15, 0.2) is 5.82 Å². The molecule has 104 valence electrons. The number of carbonyl (C=O) groups is 1. The molecule has 0 bridgehead atoms. The fraction of sp³-hybridized carbons (Fsp3) is 0.846. The van der Waals surface area contributed by atoms with Gasteiger partial charge in [0.25, 0.3) is 0 Å². The van der Waals surface area contributed by atoms with Gasteiger partial charge < -0.3 is 5.11 Å². The lowest BCUT2D eigenvalue weighted by molar-refractivity contribution is -0.138. The van der Waals surface area contributed by atoms with E-state index in [1.54, 1.807) is 0 Å². The Bertz CT molecular complexity index is 463. The monoisotopic (exact) mass is 264 g/mol. The van der Waals surface area contributed by atoms with E-state index >= 15 is 0 Å². The van der Waals surface area contributed by atoms with E-state index in [9.17, 15) is 4.79 Å². The fourth-order valence-electron chi connectivity index (χ4n) is 3.39. The van der Waals surface area contributed by atoms with Crippen LogP contribution in [0.5, 0.6) is 0 Å². The van der Waals surface area contributed by atoms with E-state index in [0.717, 1.165) is 24.1 Å². The summed E-state index contributed by atoms with van der Waals surface area (Å²) in [5.74, 6) is 2.61. The summed E-state index contributed by atoms with van der Waals surface area (Å²) >= 11 is 0. The molecule has 1 heterocycles. The third kappa shape index (κ3) is 2.62. The normalized spacial score (nSPS) is 30.1. The van der Waals surface area contributed by atoms with Crippen molar-refractivity contribution in [2.45, 2.75) is 51.5 Å². The second kappa shape index (κ2) is 4.90. The van der Waals surface area contributed by atoms with E-state index in [-0.39, 0.29) is 12.3 Å². The number of carboxylic acids is 1. The van der Waals surface area contributed by atoms with Crippen LogP contribution in [0.25, 0.3) is 0 Å². The maximum absolute atomic E-state index is 10.8. The molecular weight excluding hydrogens is 244 g/mol. The molecule has 3 unspecified atom stereocenters. The molecule has 6 heteroatoms. The van der Waals surface area contributed by atoms with Crippen molar-refractivity contribution >= 4 is 5.97 Å². The number of hydrogen-bond acceptors (Lipinski definition) is 4. The van der Waals surface area contributed by atoms with Gasteiger partial charge in [0.2, 0.25) is 0 Å². The van der Waals surface area contributed by atoms with Crippen LogP contribution >= 0.6 is 0 Å². The fourth-order valence-corrected chi connectivity index (χ4v) is 3.39. The summed E-state index contributed by atoms with van der Waals surface area (Å²) in [5, 5.41) is 20.9. The van der Waals surface area contributed by atoms with Gasteiger partial charge in [-0.15, -0.1) is 5.10 Å². The highest BCUT2D eigenvalue weighted by atomic mass is 16.4. The Morgan fingerprint density at radius 3 is 2.79 bits per heavy atom. The summed E-state index contributed by atoms with van der Waals surface area (Å²) in [5.41, 5.74) is 0. The molecule has 0 saturated heterocycles. The first-order valence-electron chi connectivity index (χ1n) is 7.15. The molecule has 19 heavy (non-hydrogen) atoms. The molecule has 0 radical (unpaired) electrons. The summed E-state index contributed by atoms with van der Waals surface area (Å²) < 4.78 is 1.84. The second-order valence-electron chi connectivity index (χ2n) is 6.02. The Morgan fingerprint density at radius 2 is 2.16 bits per heavy atom. The smallest absolute Gasteiger partial charge is 0.303 e. The number of hydrogen-bond donors (Lipinski definition) is 1. The van der Waals surface area contributed by atoms with Crippen molar-refractivity contribution in [2.24, 2.45) is 17.8 Å². The van der Waals surface area contributed by atoms with Gasteiger partial charge >= 0.3 is 5.97 Å². The molecule has 1 N–H and O–H groups in total. The lowest BCUT2D eigenvalue weighted by Crippen LogP contribution is -2.18. The van der Waals surface area contributed by atoms with E-state index < -0.39 is 5.97 Å². The van der Waals surface area contributed by atoms with Crippen LogP contribution in [-0.4, -0.2) is 31.3 Å². The zero-order valence-corrected chi connectivity index (χ0v) is 11.2. The number of rotatable bonds is 6. The Kier molecular flexibility index (Phi) is 3.24. The van der Waals surface area contributed by atoms with Crippen LogP contribution in [-0.2, 0) is 11.3 Å². The lowest BCUT2D eigenvalue weighted by atomic mass is 10.0. The maximum Gasteiger partial charge on any atom is 0.303 e. The zero-order chi connectivity index (χ0) is 13.4. The van der Waals surface area contributed by atoms with Gasteiger partial charge in [-0.1, -0.05) is 13.3 Å². The minimum absolute atomic E-state index is 0.107. The van der Waals surface area contributed by atoms with Crippen molar-refractivity contribution in [1.29, 1.82) is 0 Å². The number of aromatic nitrogens is 4. The first-order valence-corrected chi connectivity index (χ1v) is 7.15. The van der Waals surface area contributed by atoms with Gasteiger partial charge in [-0.2, -0.15) is 0 Å². The molecule has 0 aromatic carbocycles. The van der Waals surface area contributed by atoms with E-state index in [2.05, 4.69) is 15.5 Å². The number of aliphatic carboxylic acids is 1.